The molecule has 2 aromatic heterocycles. The van der Waals surface area contributed by atoms with Crippen LogP contribution in [0.15, 0.2) is 41.1 Å². The Bertz CT molecular complexity index is 920. The standard InChI is InChI=1S/C21H24N4O2/c1-15-2-4-16(5-3-15)19-12-18(27-24-19)14-25-9-7-21(8-10-25)20-17(6-11-26-21)13-22-23-20/h2-5,12-13H,6-11,14H2,1H3,(H,22,23). The van der Waals surface area contributed by atoms with Crippen molar-refractivity contribution in [3.8, 4) is 11.3 Å². The van der Waals surface area contributed by atoms with Crippen LogP contribution in [0.1, 0.15) is 35.4 Å². The van der Waals surface area contributed by atoms with Crippen molar-refractivity contribution in [2.75, 3.05) is 19.7 Å². The second kappa shape index (κ2) is 6.62. The number of fused-ring (bicyclic) bond motifs is 2. The number of nitrogens with one attached hydrogen (secondary N) is 1. The van der Waals surface area contributed by atoms with Gasteiger partial charge in [-0.2, -0.15) is 5.10 Å². The Labute approximate surface area is 158 Å². The van der Waals surface area contributed by atoms with E-state index in [0.717, 1.165) is 62.5 Å². The van der Waals surface area contributed by atoms with Gasteiger partial charge in [0.05, 0.1) is 25.0 Å². The van der Waals surface area contributed by atoms with Crippen LogP contribution in [-0.4, -0.2) is 40.0 Å². The molecule has 0 amide bonds. The fourth-order valence-corrected chi connectivity index (χ4v) is 4.26. The molecule has 0 unspecified atom stereocenters. The van der Waals surface area contributed by atoms with E-state index in [0.29, 0.717) is 0 Å². The predicted octanol–water partition coefficient (Wildman–Crippen LogP) is 3.44. The van der Waals surface area contributed by atoms with Crippen LogP contribution in [0.3, 0.4) is 0 Å². The van der Waals surface area contributed by atoms with E-state index in [2.05, 4.69) is 57.5 Å². The van der Waals surface area contributed by atoms with Crippen molar-refractivity contribution in [1.82, 2.24) is 20.3 Å². The normalized spacial score (nSPS) is 19.3. The minimum atomic E-state index is -0.185. The lowest BCUT2D eigenvalue weighted by Gasteiger charge is -2.43. The number of H-pyrrole nitrogens is 1. The Morgan fingerprint density at radius 2 is 2.00 bits per heavy atom. The molecule has 0 aliphatic carbocycles. The van der Waals surface area contributed by atoms with Gasteiger partial charge in [-0.05, 0) is 31.7 Å². The van der Waals surface area contributed by atoms with Gasteiger partial charge in [-0.1, -0.05) is 35.0 Å². The number of hydrogen-bond donors (Lipinski definition) is 1. The van der Waals surface area contributed by atoms with E-state index in [1.165, 1.54) is 16.8 Å². The van der Waals surface area contributed by atoms with Crippen LogP contribution in [0.2, 0.25) is 0 Å². The van der Waals surface area contributed by atoms with Crippen molar-refractivity contribution in [2.45, 2.75) is 38.3 Å². The topological polar surface area (TPSA) is 67.2 Å². The first-order valence-electron chi connectivity index (χ1n) is 9.64. The van der Waals surface area contributed by atoms with Gasteiger partial charge in [-0.3, -0.25) is 10.00 Å². The van der Waals surface area contributed by atoms with Crippen LogP contribution in [0.25, 0.3) is 11.3 Å². The fourth-order valence-electron chi connectivity index (χ4n) is 4.26. The molecule has 0 bridgehead atoms. The molecule has 27 heavy (non-hydrogen) atoms. The molecule has 0 atom stereocenters. The van der Waals surface area contributed by atoms with Crippen LogP contribution < -0.4 is 0 Å². The number of likely N-dealkylation sites (tertiary alicyclic amines) is 1. The van der Waals surface area contributed by atoms with E-state index in [1.807, 2.05) is 6.20 Å². The molecule has 2 aliphatic heterocycles. The van der Waals surface area contributed by atoms with Crippen LogP contribution in [0.5, 0.6) is 0 Å². The number of aromatic nitrogens is 3. The lowest BCUT2D eigenvalue weighted by molar-refractivity contribution is -0.102. The molecule has 2 aliphatic rings. The first-order chi connectivity index (χ1) is 13.2. The smallest absolute Gasteiger partial charge is 0.151 e. The Hall–Kier alpha value is -2.44. The average Bonchev–Trinajstić information content (AvgIpc) is 3.35. The van der Waals surface area contributed by atoms with Crippen LogP contribution in [0.4, 0.5) is 0 Å². The van der Waals surface area contributed by atoms with Gasteiger partial charge in [-0.15, -0.1) is 0 Å². The summed E-state index contributed by atoms with van der Waals surface area (Å²) in [5.74, 6) is 0.910. The molecule has 1 aromatic carbocycles. The summed E-state index contributed by atoms with van der Waals surface area (Å²) in [5.41, 5.74) is 5.55. The molecule has 5 rings (SSSR count). The molecule has 140 valence electrons. The summed E-state index contributed by atoms with van der Waals surface area (Å²) in [5, 5.41) is 11.7. The zero-order chi connectivity index (χ0) is 18.3. The van der Waals surface area contributed by atoms with Crippen molar-refractivity contribution in [2.24, 2.45) is 0 Å². The molecule has 0 saturated carbocycles. The van der Waals surface area contributed by atoms with Gasteiger partial charge in [0.25, 0.3) is 0 Å². The molecule has 1 saturated heterocycles. The maximum absolute atomic E-state index is 6.23. The van der Waals surface area contributed by atoms with E-state index in [-0.39, 0.29) is 5.60 Å². The van der Waals surface area contributed by atoms with Gasteiger partial charge in [0, 0.05) is 24.7 Å². The van der Waals surface area contributed by atoms with Gasteiger partial charge >= 0.3 is 0 Å². The number of aromatic amines is 1. The molecule has 4 heterocycles. The minimum absolute atomic E-state index is 0.185. The summed E-state index contributed by atoms with van der Waals surface area (Å²) < 4.78 is 11.8. The van der Waals surface area contributed by atoms with Gasteiger partial charge in [0.15, 0.2) is 5.76 Å². The third-order valence-corrected chi connectivity index (χ3v) is 5.87. The summed E-state index contributed by atoms with van der Waals surface area (Å²) >= 11 is 0. The highest BCUT2D eigenvalue weighted by Crippen LogP contribution is 2.40. The first-order valence-corrected chi connectivity index (χ1v) is 9.64. The zero-order valence-electron chi connectivity index (χ0n) is 15.6. The predicted molar refractivity (Wildman–Crippen MR) is 101 cm³/mol. The Morgan fingerprint density at radius 3 is 2.81 bits per heavy atom. The second-order valence-electron chi connectivity index (χ2n) is 7.68. The van der Waals surface area contributed by atoms with Crippen molar-refractivity contribution in [3.05, 3.63) is 59.1 Å². The number of hydrogen-bond acceptors (Lipinski definition) is 5. The van der Waals surface area contributed by atoms with E-state index < -0.39 is 0 Å². The van der Waals surface area contributed by atoms with Crippen molar-refractivity contribution >= 4 is 0 Å². The number of benzene rings is 1. The third kappa shape index (κ3) is 3.09. The lowest BCUT2D eigenvalue weighted by Crippen LogP contribution is -2.46. The molecule has 1 fully saturated rings. The maximum atomic E-state index is 6.23. The van der Waals surface area contributed by atoms with E-state index >= 15 is 0 Å². The largest absolute Gasteiger partial charge is 0.368 e. The molecule has 3 aromatic rings. The summed E-state index contributed by atoms with van der Waals surface area (Å²) in [6.45, 7) is 5.60. The number of nitrogens with zero attached hydrogens (tertiary/aromatic N) is 3. The summed E-state index contributed by atoms with van der Waals surface area (Å²) in [7, 11) is 0. The molecular formula is C21H24N4O2. The van der Waals surface area contributed by atoms with Crippen LogP contribution in [0, 0.1) is 6.92 Å². The highest BCUT2D eigenvalue weighted by molar-refractivity contribution is 5.59. The molecule has 6 heteroatoms. The van der Waals surface area contributed by atoms with Crippen molar-refractivity contribution in [3.63, 3.8) is 0 Å². The summed E-state index contributed by atoms with van der Waals surface area (Å²) in [4.78, 5) is 2.42. The third-order valence-electron chi connectivity index (χ3n) is 5.87. The quantitative estimate of drug-likeness (QED) is 0.771. The van der Waals surface area contributed by atoms with Crippen LogP contribution in [-0.2, 0) is 23.3 Å². The highest BCUT2D eigenvalue weighted by Gasteiger charge is 2.42. The Balaban J connectivity index is 1.25. The van der Waals surface area contributed by atoms with Gasteiger partial charge in [-0.25, -0.2) is 0 Å². The molecule has 1 N–H and O–H groups in total. The Morgan fingerprint density at radius 1 is 1.19 bits per heavy atom. The van der Waals surface area contributed by atoms with Crippen LogP contribution >= 0.6 is 0 Å². The number of ether oxygens (including phenoxy) is 1. The van der Waals surface area contributed by atoms with Gasteiger partial charge in [0.1, 0.15) is 11.3 Å². The summed E-state index contributed by atoms with van der Waals surface area (Å²) in [6.07, 6.45) is 4.85. The molecular weight excluding hydrogens is 340 g/mol. The molecule has 6 nitrogen and oxygen atoms in total. The average molecular weight is 364 g/mol. The number of aryl methyl sites for hydroxylation is 1. The fraction of sp³-hybridized carbons (Fsp3) is 0.429. The zero-order valence-corrected chi connectivity index (χ0v) is 15.6. The SMILES string of the molecule is Cc1ccc(-c2cc(CN3CCC4(CC3)OCCc3cn[nH]c34)on2)cc1. The first kappa shape index (κ1) is 16.7. The van der Waals surface area contributed by atoms with Crippen molar-refractivity contribution in [1.29, 1.82) is 0 Å². The number of piperidine rings is 1. The van der Waals surface area contributed by atoms with Crippen molar-refractivity contribution < 1.29 is 9.26 Å². The minimum Gasteiger partial charge on any atom is -0.368 e. The van der Waals surface area contributed by atoms with Gasteiger partial charge in [0.2, 0.25) is 0 Å². The van der Waals surface area contributed by atoms with E-state index in [1.54, 1.807) is 0 Å². The monoisotopic (exact) mass is 364 g/mol. The maximum Gasteiger partial charge on any atom is 0.151 e. The Kier molecular flexibility index (Phi) is 4.10. The number of rotatable bonds is 3. The summed E-state index contributed by atoms with van der Waals surface area (Å²) in [6, 6.07) is 10.4. The highest BCUT2D eigenvalue weighted by atomic mass is 16.5. The van der Waals surface area contributed by atoms with E-state index in [9.17, 15) is 0 Å². The van der Waals surface area contributed by atoms with E-state index in [4.69, 9.17) is 9.26 Å². The second-order valence-corrected chi connectivity index (χ2v) is 7.68. The lowest BCUT2D eigenvalue weighted by atomic mass is 9.84. The van der Waals surface area contributed by atoms with Gasteiger partial charge < -0.3 is 9.26 Å². The molecule has 1 spiro atoms. The molecule has 0 radical (unpaired) electrons.